The highest BCUT2D eigenvalue weighted by Crippen LogP contribution is 2.54. The molecule has 1 aliphatic rings. The maximum Gasteiger partial charge on any atom is 0.416 e. The van der Waals surface area contributed by atoms with Gasteiger partial charge in [-0.25, -0.2) is 0 Å². The van der Waals surface area contributed by atoms with Crippen molar-refractivity contribution in [3.8, 4) is 0 Å². The first kappa shape index (κ1) is 12.7. The van der Waals surface area contributed by atoms with Crippen LogP contribution in [0.3, 0.4) is 0 Å². The second-order valence-electron chi connectivity index (χ2n) is 4.52. The van der Waals surface area contributed by atoms with Crippen LogP contribution in [0, 0.1) is 0 Å². The highest BCUT2D eigenvalue weighted by Gasteiger charge is 2.52. The van der Waals surface area contributed by atoms with E-state index in [2.05, 4.69) is 0 Å². The van der Waals surface area contributed by atoms with Gasteiger partial charge in [0.25, 0.3) is 0 Å². The lowest BCUT2D eigenvalue weighted by molar-refractivity contribution is -0.138. The quantitative estimate of drug-likeness (QED) is 0.862. The molecule has 0 heterocycles. The Morgan fingerprint density at radius 2 is 1.94 bits per heavy atom. The smallest absolute Gasteiger partial charge is 0.392 e. The first-order valence-corrected chi connectivity index (χ1v) is 5.70. The molecular weight excluding hydrogens is 253 g/mol. The Kier molecular flexibility index (Phi) is 2.91. The van der Waals surface area contributed by atoms with E-state index in [-0.39, 0.29) is 10.6 Å². The van der Waals surface area contributed by atoms with Gasteiger partial charge >= 0.3 is 6.18 Å². The van der Waals surface area contributed by atoms with Crippen LogP contribution in [0.25, 0.3) is 0 Å². The second-order valence-corrected chi connectivity index (χ2v) is 4.96. The van der Waals surface area contributed by atoms with Crippen molar-refractivity contribution in [1.82, 2.24) is 0 Å². The van der Waals surface area contributed by atoms with Gasteiger partial charge in [-0.1, -0.05) is 17.7 Å². The lowest BCUT2D eigenvalue weighted by atomic mass is 9.87. The van der Waals surface area contributed by atoms with Crippen molar-refractivity contribution in [2.75, 3.05) is 0 Å². The minimum absolute atomic E-state index is 0.0578. The molecule has 1 nitrogen and oxygen atoms in total. The molecule has 0 aromatic heterocycles. The molecule has 1 unspecified atom stereocenters. The van der Waals surface area contributed by atoms with Crippen molar-refractivity contribution in [2.45, 2.75) is 37.5 Å². The Hall–Kier alpha value is -0.740. The molecule has 0 amide bonds. The summed E-state index contributed by atoms with van der Waals surface area (Å²) >= 11 is 5.61. The van der Waals surface area contributed by atoms with Crippen LogP contribution in [-0.4, -0.2) is 11.2 Å². The summed E-state index contributed by atoms with van der Waals surface area (Å²) in [4.78, 5) is 0. The van der Waals surface area contributed by atoms with Gasteiger partial charge < -0.3 is 5.11 Å². The fourth-order valence-corrected chi connectivity index (χ4v) is 2.40. The van der Waals surface area contributed by atoms with Crippen LogP contribution in [0.15, 0.2) is 18.2 Å². The number of halogens is 4. The van der Waals surface area contributed by atoms with Crippen molar-refractivity contribution >= 4 is 11.6 Å². The molecule has 1 N–H and O–H groups in total. The molecule has 0 bridgehead atoms. The van der Waals surface area contributed by atoms with E-state index >= 15 is 0 Å². The predicted octanol–water partition coefficient (Wildman–Crippen LogP) is 3.77. The van der Waals surface area contributed by atoms with Gasteiger partial charge in [0, 0.05) is 10.4 Å². The molecular formula is C12H12ClF3O. The molecule has 0 spiro atoms. The average Bonchev–Trinajstić information content (AvgIpc) is 2.97. The Bertz CT molecular complexity index is 436. The number of hydrogen-bond acceptors (Lipinski definition) is 1. The van der Waals surface area contributed by atoms with Gasteiger partial charge in [0.05, 0.1) is 11.7 Å². The molecule has 5 heteroatoms. The molecule has 1 aliphatic carbocycles. The lowest BCUT2D eigenvalue weighted by Crippen LogP contribution is -2.26. The van der Waals surface area contributed by atoms with E-state index in [9.17, 15) is 18.3 Å². The van der Waals surface area contributed by atoms with Gasteiger partial charge in [-0.15, -0.1) is 0 Å². The summed E-state index contributed by atoms with van der Waals surface area (Å²) in [5, 5.41) is 9.71. The highest BCUT2D eigenvalue weighted by molar-refractivity contribution is 6.30. The molecule has 0 aliphatic heterocycles. The van der Waals surface area contributed by atoms with E-state index in [1.165, 1.54) is 19.1 Å². The van der Waals surface area contributed by atoms with Gasteiger partial charge in [-0.05, 0) is 37.5 Å². The molecule has 1 saturated carbocycles. The van der Waals surface area contributed by atoms with Gasteiger partial charge in [-0.3, -0.25) is 0 Å². The van der Waals surface area contributed by atoms with E-state index in [0.29, 0.717) is 12.8 Å². The summed E-state index contributed by atoms with van der Waals surface area (Å²) in [7, 11) is 0. The van der Waals surface area contributed by atoms with Crippen molar-refractivity contribution < 1.29 is 18.3 Å². The summed E-state index contributed by atoms with van der Waals surface area (Å²) in [6.45, 7) is 1.53. The standard InChI is InChI=1S/C12H12ClF3O/c1-7(17)11(4-5-11)9-3-2-8(13)6-10(9)12(14,15)16/h2-3,6-7,17H,4-5H2,1H3. The largest absolute Gasteiger partial charge is 0.416 e. The van der Waals surface area contributed by atoms with Gasteiger partial charge in [0.2, 0.25) is 0 Å². The molecule has 0 saturated heterocycles. The topological polar surface area (TPSA) is 20.2 Å². The molecule has 17 heavy (non-hydrogen) atoms. The zero-order valence-electron chi connectivity index (χ0n) is 9.18. The Labute approximate surface area is 102 Å². The van der Waals surface area contributed by atoms with Crippen molar-refractivity contribution in [3.05, 3.63) is 34.3 Å². The zero-order chi connectivity index (χ0) is 12.8. The molecule has 2 rings (SSSR count). The third-order valence-electron chi connectivity index (χ3n) is 3.41. The van der Waals surface area contributed by atoms with E-state index in [0.717, 1.165) is 6.07 Å². The van der Waals surface area contributed by atoms with Gasteiger partial charge in [0.15, 0.2) is 0 Å². The lowest BCUT2D eigenvalue weighted by Gasteiger charge is -2.23. The van der Waals surface area contributed by atoms with Crippen molar-refractivity contribution in [1.29, 1.82) is 0 Å². The van der Waals surface area contributed by atoms with Gasteiger partial charge in [0.1, 0.15) is 0 Å². The first-order chi connectivity index (χ1) is 7.77. The normalized spacial score (nSPS) is 20.1. The SMILES string of the molecule is CC(O)C1(c2ccc(Cl)cc2C(F)(F)F)CC1. The Morgan fingerprint density at radius 3 is 2.35 bits per heavy atom. The molecule has 1 atom stereocenters. The third-order valence-corrected chi connectivity index (χ3v) is 3.65. The highest BCUT2D eigenvalue weighted by atomic mass is 35.5. The zero-order valence-corrected chi connectivity index (χ0v) is 9.94. The van der Waals surface area contributed by atoms with Crippen LogP contribution in [-0.2, 0) is 11.6 Å². The molecule has 0 radical (unpaired) electrons. The number of rotatable bonds is 2. The van der Waals surface area contributed by atoms with Crippen LogP contribution >= 0.6 is 11.6 Å². The van der Waals surface area contributed by atoms with E-state index < -0.39 is 23.3 Å². The maximum absolute atomic E-state index is 12.9. The maximum atomic E-state index is 12.9. The fraction of sp³-hybridized carbons (Fsp3) is 0.500. The van der Waals surface area contributed by atoms with Crippen molar-refractivity contribution in [3.63, 3.8) is 0 Å². The van der Waals surface area contributed by atoms with Crippen LogP contribution in [0.1, 0.15) is 30.9 Å². The monoisotopic (exact) mass is 264 g/mol. The Balaban J connectivity index is 2.55. The number of benzene rings is 1. The van der Waals surface area contributed by atoms with E-state index in [1.807, 2.05) is 0 Å². The molecule has 1 aromatic rings. The van der Waals surface area contributed by atoms with Crippen molar-refractivity contribution in [2.24, 2.45) is 0 Å². The van der Waals surface area contributed by atoms with Crippen LogP contribution in [0.4, 0.5) is 13.2 Å². The first-order valence-electron chi connectivity index (χ1n) is 5.33. The fourth-order valence-electron chi connectivity index (χ4n) is 2.23. The number of aliphatic hydroxyl groups is 1. The summed E-state index contributed by atoms with van der Waals surface area (Å²) in [6, 6.07) is 3.75. The molecule has 94 valence electrons. The summed E-state index contributed by atoms with van der Waals surface area (Å²) < 4.78 is 38.7. The van der Waals surface area contributed by atoms with Gasteiger partial charge in [-0.2, -0.15) is 13.2 Å². The average molecular weight is 265 g/mol. The molecule has 1 fully saturated rings. The second kappa shape index (κ2) is 3.89. The van der Waals surface area contributed by atoms with Crippen LogP contribution in [0.2, 0.25) is 5.02 Å². The summed E-state index contributed by atoms with van der Waals surface area (Å²) in [5.74, 6) is 0. The number of aliphatic hydroxyl groups excluding tert-OH is 1. The van der Waals surface area contributed by atoms with Crippen LogP contribution in [0.5, 0.6) is 0 Å². The number of hydrogen-bond donors (Lipinski definition) is 1. The minimum atomic E-state index is -4.44. The summed E-state index contributed by atoms with van der Waals surface area (Å²) in [6.07, 6.45) is -4.07. The minimum Gasteiger partial charge on any atom is -0.392 e. The Morgan fingerprint density at radius 1 is 1.35 bits per heavy atom. The summed E-state index contributed by atoms with van der Waals surface area (Å²) in [5.41, 5.74) is -1.32. The van der Waals surface area contributed by atoms with Crippen LogP contribution < -0.4 is 0 Å². The third kappa shape index (κ3) is 2.16. The molecule has 1 aromatic carbocycles. The number of alkyl halides is 3. The van der Waals surface area contributed by atoms with E-state index in [1.54, 1.807) is 0 Å². The van der Waals surface area contributed by atoms with E-state index in [4.69, 9.17) is 11.6 Å². The predicted molar refractivity (Wildman–Crippen MR) is 59.0 cm³/mol.